The predicted molar refractivity (Wildman–Crippen MR) is 145 cm³/mol. The molecule has 0 aliphatic carbocycles. The molecule has 10 nitrogen and oxygen atoms in total. The second-order valence-electron chi connectivity index (χ2n) is 9.78. The molecule has 2 aromatic carbocycles. The van der Waals surface area contributed by atoms with Gasteiger partial charge >= 0.3 is 0 Å². The fourth-order valence-corrected chi connectivity index (χ4v) is 5.47. The van der Waals surface area contributed by atoms with Crippen LogP contribution in [0.4, 0.5) is 37.5 Å². The molecule has 2 bridgehead atoms. The molecule has 2 N–H and O–H groups in total. The van der Waals surface area contributed by atoms with Crippen molar-refractivity contribution in [2.45, 2.75) is 31.0 Å². The minimum atomic E-state index is -0.649. The average Bonchev–Trinajstić information content (AvgIpc) is 3.71. The number of benzene rings is 2. The van der Waals surface area contributed by atoms with Crippen LogP contribution in [-0.4, -0.2) is 54.9 Å². The summed E-state index contributed by atoms with van der Waals surface area (Å²) < 4.78 is 39.5. The monoisotopic (exact) mass is 550 g/mol. The number of nitrogens with zero attached hydrogens (tertiary/aromatic N) is 4. The Kier molecular flexibility index (Phi) is 6.95. The summed E-state index contributed by atoms with van der Waals surface area (Å²) in [7, 11) is 1.57. The number of methoxy groups -OCH3 is 1. The van der Waals surface area contributed by atoms with Crippen LogP contribution in [0.3, 0.4) is 0 Å². The lowest BCUT2D eigenvalue weighted by atomic mass is 10.0. The summed E-state index contributed by atoms with van der Waals surface area (Å²) >= 11 is 0. The zero-order valence-electron chi connectivity index (χ0n) is 21.8. The molecule has 0 saturated carbocycles. The summed E-state index contributed by atoms with van der Waals surface area (Å²) in [5, 5.41) is 7.65. The van der Waals surface area contributed by atoms with E-state index in [4.69, 9.17) is 14.3 Å². The van der Waals surface area contributed by atoms with Gasteiger partial charge in [-0.25, -0.2) is 23.8 Å². The molecule has 6 rings (SSSR count). The van der Waals surface area contributed by atoms with Gasteiger partial charge in [0, 0.05) is 36.7 Å². The van der Waals surface area contributed by atoms with Gasteiger partial charge in [-0.05, 0) is 24.6 Å². The summed E-state index contributed by atoms with van der Waals surface area (Å²) in [6.45, 7) is 5.27. The zero-order chi connectivity index (χ0) is 27.8. The Balaban J connectivity index is 1.30. The SMILES string of the molecule is C=CC(=O)Nc1cc(Nc2cc(N3OCC[C@@H]3c3ccc(F)cc3F)ncn2)c(OC)cc1N1C[C@H]2C[C@@H]1CO2. The molecule has 0 unspecified atom stereocenters. The van der Waals surface area contributed by atoms with Crippen LogP contribution in [-0.2, 0) is 14.4 Å². The number of fused-ring (bicyclic) bond motifs is 2. The molecule has 3 fully saturated rings. The number of anilines is 5. The minimum absolute atomic E-state index is 0.163. The number of nitrogens with one attached hydrogen (secondary N) is 2. The molecule has 3 aromatic rings. The molecule has 3 aliphatic rings. The van der Waals surface area contributed by atoms with Gasteiger partial charge in [-0.15, -0.1) is 0 Å². The van der Waals surface area contributed by atoms with Gasteiger partial charge in [-0.3, -0.25) is 9.63 Å². The van der Waals surface area contributed by atoms with E-state index in [0.29, 0.717) is 54.0 Å². The van der Waals surface area contributed by atoms with Gasteiger partial charge in [0.05, 0.1) is 55.6 Å². The first-order valence-corrected chi connectivity index (χ1v) is 12.9. The van der Waals surface area contributed by atoms with Gasteiger partial charge in [0.25, 0.3) is 0 Å². The topological polar surface area (TPSA) is 101 Å². The highest BCUT2D eigenvalue weighted by molar-refractivity contribution is 6.02. The van der Waals surface area contributed by atoms with E-state index in [0.717, 1.165) is 24.7 Å². The molecule has 208 valence electrons. The number of morpholine rings is 1. The van der Waals surface area contributed by atoms with Gasteiger partial charge < -0.3 is 25.0 Å². The first-order chi connectivity index (χ1) is 19.4. The second kappa shape index (κ2) is 10.7. The number of hydroxylamine groups is 1. The van der Waals surface area contributed by atoms with E-state index in [1.54, 1.807) is 19.2 Å². The molecule has 3 aliphatic heterocycles. The highest BCUT2D eigenvalue weighted by atomic mass is 19.1. The Morgan fingerprint density at radius 3 is 2.80 bits per heavy atom. The van der Waals surface area contributed by atoms with E-state index < -0.39 is 17.7 Å². The highest BCUT2D eigenvalue weighted by Gasteiger charge is 2.40. The maximum Gasteiger partial charge on any atom is 0.247 e. The standard InChI is InChI=1S/C28H28F2N6O4/c1-3-28(37)34-21-10-22(25(38-2)11-24(21)35-13-18-9-17(35)14-39-18)33-26-12-27(32-15-31-26)36-23(6-7-40-36)19-5-4-16(29)8-20(19)30/h3-5,8,10-12,15,17-18,23H,1,6-7,9,13-14H2,2H3,(H,34,37)(H,31,32,33)/t17-,18-,23-/m1/s1. The number of amides is 1. The third-order valence-corrected chi connectivity index (χ3v) is 7.34. The predicted octanol–water partition coefficient (Wildman–Crippen LogP) is 4.49. The van der Waals surface area contributed by atoms with Crippen LogP contribution in [0.5, 0.6) is 5.75 Å². The van der Waals surface area contributed by atoms with E-state index >= 15 is 0 Å². The minimum Gasteiger partial charge on any atom is -0.494 e. The Morgan fingerprint density at radius 1 is 1.20 bits per heavy atom. The van der Waals surface area contributed by atoms with Gasteiger partial charge in [0.1, 0.15) is 29.5 Å². The molecule has 0 radical (unpaired) electrons. The van der Waals surface area contributed by atoms with Crippen molar-refractivity contribution in [2.75, 3.05) is 47.5 Å². The molecule has 4 heterocycles. The first kappa shape index (κ1) is 26.0. The van der Waals surface area contributed by atoms with Crippen molar-refractivity contribution < 1.29 is 27.9 Å². The van der Waals surface area contributed by atoms with E-state index in [1.807, 2.05) is 6.07 Å². The number of hydrogen-bond acceptors (Lipinski definition) is 9. The Hall–Kier alpha value is -4.29. The van der Waals surface area contributed by atoms with E-state index in [-0.39, 0.29) is 18.1 Å². The molecule has 12 heteroatoms. The third kappa shape index (κ3) is 4.91. The van der Waals surface area contributed by atoms with Crippen molar-refractivity contribution in [1.82, 2.24) is 9.97 Å². The molecule has 1 amide bonds. The molecule has 0 spiro atoms. The van der Waals surface area contributed by atoms with E-state index in [1.165, 1.54) is 29.6 Å². The van der Waals surface area contributed by atoms with Crippen LogP contribution in [0, 0.1) is 11.6 Å². The van der Waals surface area contributed by atoms with E-state index in [9.17, 15) is 13.6 Å². The van der Waals surface area contributed by atoms with Gasteiger partial charge in [0.2, 0.25) is 5.91 Å². The number of carbonyl (C=O) groups is 1. The van der Waals surface area contributed by atoms with Crippen molar-refractivity contribution >= 4 is 34.6 Å². The van der Waals surface area contributed by atoms with Gasteiger partial charge in [0.15, 0.2) is 5.82 Å². The summed E-state index contributed by atoms with van der Waals surface area (Å²) in [6, 6.07) is 8.55. The summed E-state index contributed by atoms with van der Waals surface area (Å²) in [4.78, 5) is 28.9. The van der Waals surface area contributed by atoms with Crippen LogP contribution in [0.2, 0.25) is 0 Å². The zero-order valence-corrected chi connectivity index (χ0v) is 21.8. The van der Waals surface area contributed by atoms with Gasteiger partial charge in [-0.1, -0.05) is 12.6 Å². The van der Waals surface area contributed by atoms with Crippen LogP contribution >= 0.6 is 0 Å². The second-order valence-corrected chi connectivity index (χ2v) is 9.78. The molecular weight excluding hydrogens is 522 g/mol. The largest absolute Gasteiger partial charge is 0.494 e. The Labute approximate surface area is 229 Å². The van der Waals surface area contributed by atoms with Crippen molar-refractivity contribution in [3.05, 3.63) is 72.6 Å². The van der Waals surface area contributed by atoms with Crippen molar-refractivity contribution in [2.24, 2.45) is 0 Å². The van der Waals surface area contributed by atoms with Crippen molar-refractivity contribution in [3.8, 4) is 5.75 Å². The lowest BCUT2D eigenvalue weighted by Crippen LogP contribution is -2.37. The Morgan fingerprint density at radius 2 is 2.08 bits per heavy atom. The lowest BCUT2D eigenvalue weighted by molar-refractivity contribution is -0.111. The third-order valence-electron chi connectivity index (χ3n) is 7.34. The average molecular weight is 551 g/mol. The normalized spacial score (nSPS) is 21.5. The van der Waals surface area contributed by atoms with Gasteiger partial charge in [-0.2, -0.15) is 0 Å². The van der Waals surface area contributed by atoms with Crippen LogP contribution < -0.4 is 25.3 Å². The number of rotatable bonds is 8. The fourth-order valence-electron chi connectivity index (χ4n) is 5.47. The highest BCUT2D eigenvalue weighted by Crippen LogP contribution is 2.43. The Bertz CT molecular complexity index is 1460. The molecule has 3 saturated heterocycles. The first-order valence-electron chi connectivity index (χ1n) is 12.9. The van der Waals surface area contributed by atoms with E-state index in [2.05, 4.69) is 32.1 Å². The number of ether oxygens (including phenoxy) is 2. The fraction of sp³-hybridized carbons (Fsp3) is 0.321. The van der Waals surface area contributed by atoms with Crippen LogP contribution in [0.15, 0.2) is 55.4 Å². The van der Waals surface area contributed by atoms with Crippen molar-refractivity contribution in [1.29, 1.82) is 0 Å². The molecular formula is C28H28F2N6O4. The molecule has 1 aromatic heterocycles. The maximum absolute atomic E-state index is 14.6. The summed E-state index contributed by atoms with van der Waals surface area (Å²) in [5.74, 6) is -0.280. The quantitative estimate of drug-likeness (QED) is 0.393. The summed E-state index contributed by atoms with van der Waals surface area (Å²) in [5.41, 5.74) is 2.28. The summed E-state index contributed by atoms with van der Waals surface area (Å²) in [6.07, 6.45) is 4.17. The number of hydrogen-bond donors (Lipinski definition) is 2. The van der Waals surface area contributed by atoms with Crippen LogP contribution in [0.1, 0.15) is 24.4 Å². The number of halogens is 2. The molecule has 40 heavy (non-hydrogen) atoms. The van der Waals surface area contributed by atoms with Crippen LogP contribution in [0.25, 0.3) is 0 Å². The number of aromatic nitrogens is 2. The molecule has 3 atom stereocenters. The lowest BCUT2D eigenvalue weighted by Gasteiger charge is -2.31. The maximum atomic E-state index is 14.6. The van der Waals surface area contributed by atoms with Crippen molar-refractivity contribution in [3.63, 3.8) is 0 Å². The number of carbonyl (C=O) groups excluding carboxylic acids is 1. The smallest absolute Gasteiger partial charge is 0.247 e.